The number of nitrogens with one attached hydrogen (secondary N) is 1. The molecule has 1 N–H and O–H groups in total. The number of hydrogen-bond acceptors (Lipinski definition) is 3. The molecule has 0 aromatic heterocycles. The summed E-state index contributed by atoms with van der Waals surface area (Å²) in [5.41, 5.74) is 0.858. The third kappa shape index (κ3) is 2.17. The maximum Gasteiger partial charge on any atom is 0.219 e. The number of piperidine rings is 1. The summed E-state index contributed by atoms with van der Waals surface area (Å²) in [6.07, 6.45) is 1.86. The summed E-state index contributed by atoms with van der Waals surface area (Å²) >= 11 is 0. The highest BCUT2D eigenvalue weighted by molar-refractivity contribution is 6.04. The van der Waals surface area contributed by atoms with Gasteiger partial charge in [0.25, 0.3) is 0 Å². The highest BCUT2D eigenvalue weighted by atomic mass is 19.1. The lowest BCUT2D eigenvalue weighted by molar-refractivity contribution is -0.130. The van der Waals surface area contributed by atoms with Gasteiger partial charge in [0.05, 0.1) is 0 Å². The first kappa shape index (κ1) is 13.1. The first-order valence-electron chi connectivity index (χ1n) is 6.86. The van der Waals surface area contributed by atoms with E-state index in [9.17, 15) is 14.0 Å². The van der Waals surface area contributed by atoms with Crippen LogP contribution in [0.4, 0.5) is 10.1 Å². The van der Waals surface area contributed by atoms with Gasteiger partial charge < -0.3 is 10.2 Å². The summed E-state index contributed by atoms with van der Waals surface area (Å²) in [6, 6.07) is 4.28. The number of likely N-dealkylation sites (tertiary alicyclic amines) is 1. The van der Waals surface area contributed by atoms with Crippen LogP contribution in [0.1, 0.15) is 36.5 Å². The van der Waals surface area contributed by atoms with E-state index in [2.05, 4.69) is 5.32 Å². The minimum absolute atomic E-state index is 0.0190. The molecule has 5 heteroatoms. The van der Waals surface area contributed by atoms with Gasteiger partial charge in [0.2, 0.25) is 5.91 Å². The van der Waals surface area contributed by atoms with Crippen LogP contribution in [-0.4, -0.2) is 35.2 Å². The zero-order valence-electron chi connectivity index (χ0n) is 11.4. The molecule has 4 nitrogen and oxygen atoms in total. The van der Waals surface area contributed by atoms with E-state index in [1.54, 1.807) is 17.9 Å². The third-order valence-corrected chi connectivity index (χ3v) is 4.35. The van der Waals surface area contributed by atoms with E-state index in [1.165, 1.54) is 12.1 Å². The van der Waals surface area contributed by atoms with Crippen LogP contribution in [0.15, 0.2) is 18.2 Å². The maximum atomic E-state index is 13.2. The molecule has 0 atom stereocenters. The molecule has 2 aliphatic rings. The molecule has 3 rings (SSSR count). The van der Waals surface area contributed by atoms with Crippen molar-refractivity contribution >= 4 is 17.4 Å². The van der Waals surface area contributed by atoms with E-state index in [1.807, 2.05) is 0 Å². The topological polar surface area (TPSA) is 49.4 Å². The lowest BCUT2D eigenvalue weighted by Crippen LogP contribution is -2.53. The minimum atomic E-state index is -0.388. The van der Waals surface area contributed by atoms with Crippen molar-refractivity contribution in [2.24, 2.45) is 0 Å². The quantitative estimate of drug-likeness (QED) is 0.790. The highest BCUT2D eigenvalue weighted by Gasteiger charge is 2.41. The number of benzene rings is 1. The van der Waals surface area contributed by atoms with Gasteiger partial charge in [-0.25, -0.2) is 4.39 Å². The Morgan fingerprint density at radius 1 is 1.35 bits per heavy atom. The molecule has 0 unspecified atom stereocenters. The van der Waals surface area contributed by atoms with Gasteiger partial charge in [-0.3, -0.25) is 9.59 Å². The normalized spacial score (nSPS) is 20.5. The van der Waals surface area contributed by atoms with Crippen molar-refractivity contribution in [1.82, 2.24) is 4.90 Å². The molecular weight excluding hydrogens is 259 g/mol. The fourth-order valence-corrected chi connectivity index (χ4v) is 3.14. The predicted molar refractivity (Wildman–Crippen MR) is 73.2 cm³/mol. The summed E-state index contributed by atoms with van der Waals surface area (Å²) in [5.74, 6) is -0.333. The fraction of sp³-hybridized carbons (Fsp3) is 0.467. The van der Waals surface area contributed by atoms with Crippen LogP contribution >= 0.6 is 0 Å². The maximum absolute atomic E-state index is 13.2. The Bertz CT molecular complexity index is 577. The summed E-state index contributed by atoms with van der Waals surface area (Å²) < 4.78 is 13.2. The molecule has 106 valence electrons. The van der Waals surface area contributed by atoms with Crippen LogP contribution in [0.3, 0.4) is 0 Å². The minimum Gasteiger partial charge on any atom is -0.378 e. The second-order valence-electron chi connectivity index (χ2n) is 5.70. The number of carbonyl (C=O) groups is 2. The Hall–Kier alpha value is -1.91. The van der Waals surface area contributed by atoms with Crippen LogP contribution in [0.25, 0.3) is 0 Å². The number of Topliss-reactive ketones (excluding diaryl/α,β-unsaturated/α-hetero) is 1. The number of ketones is 1. The standard InChI is InChI=1S/C15H17FN2O2/c1-10(19)18-6-4-15(5-7-18)9-14(20)12-8-11(16)2-3-13(12)17-15/h2-3,8,17H,4-7,9H2,1H3. The molecule has 0 saturated carbocycles. The van der Waals surface area contributed by atoms with Gasteiger partial charge in [-0.05, 0) is 31.0 Å². The van der Waals surface area contributed by atoms with Crippen molar-refractivity contribution in [2.75, 3.05) is 18.4 Å². The van der Waals surface area contributed by atoms with Crippen LogP contribution in [-0.2, 0) is 4.79 Å². The van der Waals surface area contributed by atoms with E-state index in [-0.39, 0.29) is 23.0 Å². The zero-order valence-corrected chi connectivity index (χ0v) is 11.4. The zero-order chi connectivity index (χ0) is 14.3. The van der Waals surface area contributed by atoms with Crippen LogP contribution in [0, 0.1) is 5.82 Å². The average Bonchev–Trinajstić information content (AvgIpc) is 2.40. The first-order chi connectivity index (χ1) is 9.49. The van der Waals surface area contributed by atoms with Crippen molar-refractivity contribution in [3.8, 4) is 0 Å². The van der Waals surface area contributed by atoms with E-state index in [4.69, 9.17) is 0 Å². The Morgan fingerprint density at radius 3 is 2.70 bits per heavy atom. The molecule has 0 bridgehead atoms. The molecule has 2 aliphatic heterocycles. The monoisotopic (exact) mass is 276 g/mol. The van der Waals surface area contributed by atoms with Crippen molar-refractivity contribution in [3.05, 3.63) is 29.6 Å². The highest BCUT2D eigenvalue weighted by Crippen LogP contribution is 2.37. The Labute approximate surface area is 117 Å². The second-order valence-corrected chi connectivity index (χ2v) is 5.70. The molecule has 1 aromatic rings. The molecule has 0 radical (unpaired) electrons. The predicted octanol–water partition coefficient (Wildman–Crippen LogP) is 2.21. The summed E-state index contributed by atoms with van der Waals surface area (Å²) in [7, 11) is 0. The second kappa shape index (κ2) is 4.58. The SMILES string of the molecule is CC(=O)N1CCC2(CC1)CC(=O)c1cc(F)ccc1N2. The molecule has 1 aromatic carbocycles. The van der Waals surface area contributed by atoms with Gasteiger partial charge in [-0.15, -0.1) is 0 Å². The Balaban J connectivity index is 1.83. The number of fused-ring (bicyclic) bond motifs is 1. The Morgan fingerprint density at radius 2 is 2.05 bits per heavy atom. The first-order valence-corrected chi connectivity index (χ1v) is 6.86. The smallest absolute Gasteiger partial charge is 0.219 e. The molecular formula is C15H17FN2O2. The van der Waals surface area contributed by atoms with E-state index in [0.717, 1.165) is 12.8 Å². The number of amides is 1. The van der Waals surface area contributed by atoms with Crippen molar-refractivity contribution in [2.45, 2.75) is 31.7 Å². The van der Waals surface area contributed by atoms with Gasteiger partial charge >= 0.3 is 0 Å². The molecule has 1 saturated heterocycles. The van der Waals surface area contributed by atoms with Gasteiger partial charge in [0, 0.05) is 43.2 Å². The van der Waals surface area contributed by atoms with Crippen LogP contribution in [0.5, 0.6) is 0 Å². The van der Waals surface area contributed by atoms with Gasteiger partial charge in [-0.2, -0.15) is 0 Å². The molecule has 2 heterocycles. The third-order valence-electron chi connectivity index (χ3n) is 4.35. The number of nitrogens with zero attached hydrogens (tertiary/aromatic N) is 1. The van der Waals surface area contributed by atoms with Gasteiger partial charge in [-0.1, -0.05) is 0 Å². The van der Waals surface area contributed by atoms with Crippen molar-refractivity contribution in [1.29, 1.82) is 0 Å². The van der Waals surface area contributed by atoms with E-state index in [0.29, 0.717) is 30.8 Å². The molecule has 1 spiro atoms. The number of rotatable bonds is 0. The fourth-order valence-electron chi connectivity index (χ4n) is 3.14. The summed E-state index contributed by atoms with van der Waals surface area (Å²) in [6.45, 7) is 2.88. The largest absolute Gasteiger partial charge is 0.378 e. The average molecular weight is 276 g/mol. The van der Waals surface area contributed by atoms with E-state index >= 15 is 0 Å². The van der Waals surface area contributed by atoms with Crippen molar-refractivity contribution in [3.63, 3.8) is 0 Å². The lowest BCUT2D eigenvalue weighted by Gasteiger charge is -2.45. The summed E-state index contributed by atoms with van der Waals surface area (Å²) in [5, 5.41) is 3.40. The van der Waals surface area contributed by atoms with E-state index < -0.39 is 0 Å². The van der Waals surface area contributed by atoms with Crippen LogP contribution < -0.4 is 5.32 Å². The molecule has 0 aliphatic carbocycles. The molecule has 1 fully saturated rings. The van der Waals surface area contributed by atoms with Gasteiger partial charge in [0.15, 0.2) is 5.78 Å². The molecule has 20 heavy (non-hydrogen) atoms. The molecule has 1 amide bonds. The number of carbonyl (C=O) groups excluding carboxylic acids is 2. The number of hydrogen-bond donors (Lipinski definition) is 1. The number of halogens is 1. The lowest BCUT2D eigenvalue weighted by atomic mass is 9.78. The number of anilines is 1. The summed E-state index contributed by atoms with van der Waals surface area (Å²) in [4.78, 5) is 25.4. The van der Waals surface area contributed by atoms with Crippen LogP contribution in [0.2, 0.25) is 0 Å². The van der Waals surface area contributed by atoms with Crippen molar-refractivity contribution < 1.29 is 14.0 Å². The Kier molecular flexibility index (Phi) is 3.00. The van der Waals surface area contributed by atoms with Gasteiger partial charge in [0.1, 0.15) is 5.82 Å².